The van der Waals surface area contributed by atoms with Crippen molar-refractivity contribution in [1.29, 1.82) is 0 Å². The molecular weight excluding hydrogens is 257 g/mol. The molecular formula is C15H24FN3O. The van der Waals surface area contributed by atoms with Crippen LogP contribution in [0.5, 0.6) is 5.88 Å². The zero-order chi connectivity index (χ0) is 14.8. The van der Waals surface area contributed by atoms with Crippen molar-refractivity contribution in [2.24, 2.45) is 0 Å². The molecule has 1 fully saturated rings. The Kier molecular flexibility index (Phi) is 4.60. The van der Waals surface area contributed by atoms with Gasteiger partial charge in [-0.25, -0.2) is 9.37 Å². The van der Waals surface area contributed by atoms with Crippen molar-refractivity contribution in [2.45, 2.75) is 44.8 Å². The molecule has 0 unspecified atom stereocenters. The number of halogens is 1. The summed E-state index contributed by atoms with van der Waals surface area (Å²) in [6.45, 7) is 5.02. The molecule has 5 heteroatoms. The van der Waals surface area contributed by atoms with E-state index < -0.39 is 0 Å². The van der Waals surface area contributed by atoms with Crippen LogP contribution in [0.3, 0.4) is 0 Å². The Labute approximate surface area is 120 Å². The fourth-order valence-corrected chi connectivity index (χ4v) is 1.62. The molecule has 20 heavy (non-hydrogen) atoms. The van der Waals surface area contributed by atoms with Crippen molar-refractivity contribution in [2.75, 3.05) is 20.7 Å². The predicted molar refractivity (Wildman–Crippen MR) is 77.3 cm³/mol. The monoisotopic (exact) mass is 281 g/mol. The topological polar surface area (TPSA) is 37.4 Å². The number of likely N-dealkylation sites (N-methyl/N-ethyl adjacent to an activating group) is 1. The van der Waals surface area contributed by atoms with Crippen molar-refractivity contribution in [1.82, 2.24) is 15.2 Å². The van der Waals surface area contributed by atoms with Gasteiger partial charge in [0.2, 0.25) is 0 Å². The summed E-state index contributed by atoms with van der Waals surface area (Å²) in [6, 6.07) is 2.26. The van der Waals surface area contributed by atoms with E-state index in [0.29, 0.717) is 24.8 Å². The molecule has 0 aromatic carbocycles. The van der Waals surface area contributed by atoms with Gasteiger partial charge in [0.25, 0.3) is 5.88 Å². The number of nitrogens with zero attached hydrogens (tertiary/aromatic N) is 2. The molecule has 0 aliphatic heterocycles. The van der Waals surface area contributed by atoms with E-state index >= 15 is 0 Å². The Morgan fingerprint density at radius 2 is 2.15 bits per heavy atom. The molecule has 1 heterocycles. The van der Waals surface area contributed by atoms with Gasteiger partial charge in [0.05, 0.1) is 0 Å². The number of ether oxygens (including phenoxy) is 1. The van der Waals surface area contributed by atoms with E-state index in [9.17, 15) is 4.39 Å². The average molecular weight is 281 g/mol. The molecule has 2 rings (SSSR count). The van der Waals surface area contributed by atoms with Crippen LogP contribution in [-0.2, 0) is 6.54 Å². The molecule has 1 aliphatic rings. The summed E-state index contributed by atoms with van der Waals surface area (Å²) in [7, 11) is 3.95. The maximum Gasteiger partial charge on any atom is 0.250 e. The Balaban J connectivity index is 1.98. The quantitative estimate of drug-likeness (QED) is 0.831. The molecule has 1 N–H and O–H groups in total. The van der Waals surface area contributed by atoms with Crippen molar-refractivity contribution >= 4 is 0 Å². The Morgan fingerprint density at radius 3 is 2.75 bits per heavy atom. The standard InChI is InChI=1S/C15H24FN3O/c1-15(2,19(3)4)10-20-14-13(16)11(7-8-17-14)9-18-12-5-6-12/h7-8,12,18H,5-6,9-10H2,1-4H3. The minimum Gasteiger partial charge on any atom is -0.474 e. The minimum atomic E-state index is -0.352. The highest BCUT2D eigenvalue weighted by Gasteiger charge is 2.24. The summed E-state index contributed by atoms with van der Waals surface area (Å²) >= 11 is 0. The molecule has 0 radical (unpaired) electrons. The van der Waals surface area contributed by atoms with E-state index in [1.807, 2.05) is 32.8 Å². The van der Waals surface area contributed by atoms with Gasteiger partial charge in [-0.3, -0.25) is 0 Å². The SMILES string of the molecule is CN(C)C(C)(C)COc1nccc(CNC2CC2)c1F. The first kappa shape index (κ1) is 15.2. The summed E-state index contributed by atoms with van der Waals surface area (Å²) < 4.78 is 19.8. The lowest BCUT2D eigenvalue weighted by Crippen LogP contribution is -2.43. The highest BCUT2D eigenvalue weighted by atomic mass is 19.1. The highest BCUT2D eigenvalue weighted by Crippen LogP contribution is 2.22. The van der Waals surface area contributed by atoms with Gasteiger partial charge in [-0.05, 0) is 46.9 Å². The van der Waals surface area contributed by atoms with Crippen molar-refractivity contribution in [3.05, 3.63) is 23.6 Å². The Bertz CT molecular complexity index is 458. The Morgan fingerprint density at radius 1 is 1.45 bits per heavy atom. The third-order valence-electron chi connectivity index (χ3n) is 3.87. The van der Waals surface area contributed by atoms with Crippen molar-refractivity contribution in [3.8, 4) is 5.88 Å². The Hall–Kier alpha value is -1.20. The van der Waals surface area contributed by atoms with Crippen LogP contribution >= 0.6 is 0 Å². The lowest BCUT2D eigenvalue weighted by molar-refractivity contribution is 0.108. The smallest absolute Gasteiger partial charge is 0.250 e. The van der Waals surface area contributed by atoms with E-state index in [1.165, 1.54) is 12.8 Å². The summed E-state index contributed by atoms with van der Waals surface area (Å²) in [4.78, 5) is 6.05. The summed E-state index contributed by atoms with van der Waals surface area (Å²) in [5.74, 6) is -0.259. The number of nitrogens with one attached hydrogen (secondary N) is 1. The molecule has 1 saturated carbocycles. The number of aromatic nitrogens is 1. The van der Waals surface area contributed by atoms with Crippen LogP contribution in [-0.4, -0.2) is 42.2 Å². The van der Waals surface area contributed by atoms with E-state index in [-0.39, 0.29) is 17.2 Å². The molecule has 0 saturated heterocycles. The van der Waals surface area contributed by atoms with E-state index in [0.717, 1.165) is 0 Å². The van der Waals surface area contributed by atoms with Crippen LogP contribution < -0.4 is 10.1 Å². The van der Waals surface area contributed by atoms with Gasteiger partial charge in [-0.15, -0.1) is 0 Å². The molecule has 0 amide bonds. The van der Waals surface area contributed by atoms with Crippen LogP contribution in [0.15, 0.2) is 12.3 Å². The van der Waals surface area contributed by atoms with Gasteiger partial charge < -0.3 is 15.0 Å². The van der Waals surface area contributed by atoms with Crippen LogP contribution in [0.2, 0.25) is 0 Å². The van der Waals surface area contributed by atoms with E-state index in [1.54, 1.807) is 12.3 Å². The van der Waals surface area contributed by atoms with Gasteiger partial charge in [0.1, 0.15) is 6.61 Å². The lowest BCUT2D eigenvalue weighted by atomic mass is 10.1. The van der Waals surface area contributed by atoms with Crippen molar-refractivity contribution in [3.63, 3.8) is 0 Å². The second-order valence-corrected chi connectivity index (χ2v) is 6.24. The van der Waals surface area contributed by atoms with Crippen molar-refractivity contribution < 1.29 is 9.13 Å². The molecule has 0 atom stereocenters. The number of rotatable bonds is 7. The van der Waals surface area contributed by atoms with Crippen LogP contribution in [0.25, 0.3) is 0 Å². The summed E-state index contributed by atoms with van der Waals surface area (Å²) in [6.07, 6.45) is 3.98. The van der Waals surface area contributed by atoms with Gasteiger partial charge in [-0.2, -0.15) is 0 Å². The number of pyridine rings is 1. The molecule has 0 spiro atoms. The fraction of sp³-hybridized carbons (Fsp3) is 0.667. The van der Waals surface area contributed by atoms with Gasteiger partial charge in [0, 0.05) is 29.9 Å². The molecule has 1 aromatic rings. The largest absolute Gasteiger partial charge is 0.474 e. The third-order valence-corrected chi connectivity index (χ3v) is 3.87. The summed E-state index contributed by atoms with van der Waals surface area (Å²) in [5.41, 5.74) is 0.445. The fourth-order valence-electron chi connectivity index (χ4n) is 1.62. The summed E-state index contributed by atoms with van der Waals surface area (Å²) in [5, 5.41) is 3.30. The first-order valence-electron chi connectivity index (χ1n) is 7.07. The second-order valence-electron chi connectivity index (χ2n) is 6.24. The van der Waals surface area contributed by atoms with Gasteiger partial charge in [-0.1, -0.05) is 0 Å². The maximum absolute atomic E-state index is 14.3. The second kappa shape index (κ2) is 6.06. The number of hydrogen-bond donors (Lipinski definition) is 1. The minimum absolute atomic E-state index is 0.0926. The normalized spacial score (nSPS) is 15.7. The highest BCUT2D eigenvalue weighted by molar-refractivity contribution is 5.23. The predicted octanol–water partition coefficient (Wildman–Crippen LogP) is 2.19. The molecule has 1 aliphatic carbocycles. The zero-order valence-electron chi connectivity index (χ0n) is 12.7. The van der Waals surface area contributed by atoms with Gasteiger partial charge >= 0.3 is 0 Å². The zero-order valence-corrected chi connectivity index (χ0v) is 12.7. The lowest BCUT2D eigenvalue weighted by Gasteiger charge is -2.31. The maximum atomic E-state index is 14.3. The van der Waals surface area contributed by atoms with Crippen LogP contribution in [0.4, 0.5) is 4.39 Å². The molecule has 112 valence electrons. The number of hydrogen-bond acceptors (Lipinski definition) is 4. The van der Waals surface area contributed by atoms with Crippen LogP contribution in [0, 0.1) is 5.82 Å². The molecule has 0 bridgehead atoms. The van der Waals surface area contributed by atoms with Gasteiger partial charge in [0.15, 0.2) is 5.82 Å². The van der Waals surface area contributed by atoms with E-state index in [2.05, 4.69) is 10.3 Å². The van der Waals surface area contributed by atoms with E-state index in [4.69, 9.17) is 4.74 Å². The first-order chi connectivity index (χ1) is 9.40. The third kappa shape index (κ3) is 3.90. The molecule has 1 aromatic heterocycles. The average Bonchev–Trinajstić information content (AvgIpc) is 3.20. The first-order valence-corrected chi connectivity index (χ1v) is 7.07. The molecule has 4 nitrogen and oxygen atoms in total. The van der Waals surface area contributed by atoms with Crippen LogP contribution in [0.1, 0.15) is 32.3 Å².